The maximum Gasteiger partial charge on any atom is 0.171 e. The molecule has 0 aromatic heterocycles. The van der Waals surface area contributed by atoms with E-state index in [0.717, 1.165) is 23.7 Å². The molecule has 1 atom stereocenters. The topological polar surface area (TPSA) is 26.3 Å². The predicted octanol–water partition coefficient (Wildman–Crippen LogP) is 4.76. The standard InChI is InChI=1S/C18H17BrO2/c1-21-13-9-10-17(19)16(11-13)18(20)15-8-4-6-12-5-2-3-7-14(12)15/h2-3,5,7,9-11,15H,4,6,8H2,1H3. The van der Waals surface area contributed by atoms with Gasteiger partial charge in [0.2, 0.25) is 0 Å². The number of ketones is 1. The number of ether oxygens (including phenoxy) is 1. The highest BCUT2D eigenvalue weighted by molar-refractivity contribution is 9.10. The lowest BCUT2D eigenvalue weighted by Gasteiger charge is -2.24. The summed E-state index contributed by atoms with van der Waals surface area (Å²) in [6.45, 7) is 0. The van der Waals surface area contributed by atoms with Crippen molar-refractivity contribution in [3.8, 4) is 5.75 Å². The summed E-state index contributed by atoms with van der Waals surface area (Å²) in [4.78, 5) is 13.0. The number of rotatable bonds is 3. The van der Waals surface area contributed by atoms with Crippen LogP contribution in [0.4, 0.5) is 0 Å². The fourth-order valence-electron chi connectivity index (χ4n) is 3.03. The molecule has 108 valence electrons. The summed E-state index contributed by atoms with van der Waals surface area (Å²) in [5.41, 5.74) is 3.20. The van der Waals surface area contributed by atoms with E-state index in [1.54, 1.807) is 7.11 Å². The summed E-state index contributed by atoms with van der Waals surface area (Å²) in [7, 11) is 1.62. The Labute approximate surface area is 133 Å². The van der Waals surface area contributed by atoms with Crippen molar-refractivity contribution in [2.75, 3.05) is 7.11 Å². The molecule has 0 fully saturated rings. The zero-order chi connectivity index (χ0) is 14.8. The molecule has 0 spiro atoms. The number of halogens is 1. The van der Waals surface area contributed by atoms with Crippen LogP contribution in [0.1, 0.15) is 40.2 Å². The third kappa shape index (κ3) is 2.75. The molecule has 0 saturated carbocycles. The minimum Gasteiger partial charge on any atom is -0.497 e. The number of hydrogen-bond acceptors (Lipinski definition) is 2. The second kappa shape index (κ2) is 6.02. The van der Waals surface area contributed by atoms with Crippen molar-refractivity contribution in [2.24, 2.45) is 0 Å². The molecule has 21 heavy (non-hydrogen) atoms. The SMILES string of the molecule is COc1ccc(Br)c(C(=O)C2CCCc3ccccc32)c1. The van der Waals surface area contributed by atoms with Gasteiger partial charge in [-0.15, -0.1) is 0 Å². The van der Waals surface area contributed by atoms with Gasteiger partial charge < -0.3 is 4.74 Å². The van der Waals surface area contributed by atoms with Gasteiger partial charge in [-0.3, -0.25) is 4.79 Å². The van der Waals surface area contributed by atoms with Gasteiger partial charge in [0.05, 0.1) is 7.11 Å². The molecule has 0 amide bonds. The van der Waals surface area contributed by atoms with Crippen molar-refractivity contribution in [3.63, 3.8) is 0 Å². The van der Waals surface area contributed by atoms with Crippen LogP contribution >= 0.6 is 15.9 Å². The smallest absolute Gasteiger partial charge is 0.171 e. The molecule has 3 rings (SSSR count). The van der Waals surface area contributed by atoms with Crippen LogP contribution in [0.25, 0.3) is 0 Å². The van der Waals surface area contributed by atoms with Crippen LogP contribution in [-0.2, 0) is 6.42 Å². The summed E-state index contributed by atoms with van der Waals surface area (Å²) in [6, 6.07) is 13.8. The number of fused-ring (bicyclic) bond motifs is 1. The van der Waals surface area contributed by atoms with Gasteiger partial charge in [-0.25, -0.2) is 0 Å². The average Bonchev–Trinajstić information content (AvgIpc) is 2.54. The van der Waals surface area contributed by atoms with E-state index in [1.807, 2.05) is 30.3 Å². The lowest BCUT2D eigenvalue weighted by molar-refractivity contribution is 0.0950. The van der Waals surface area contributed by atoms with Crippen molar-refractivity contribution in [1.82, 2.24) is 0 Å². The largest absolute Gasteiger partial charge is 0.497 e. The van der Waals surface area contributed by atoms with Gasteiger partial charge in [-0.05, 0) is 48.6 Å². The second-order valence-electron chi connectivity index (χ2n) is 5.35. The second-order valence-corrected chi connectivity index (χ2v) is 6.21. The van der Waals surface area contributed by atoms with Gasteiger partial charge in [0.1, 0.15) is 5.75 Å². The van der Waals surface area contributed by atoms with E-state index >= 15 is 0 Å². The van der Waals surface area contributed by atoms with Crippen molar-refractivity contribution >= 4 is 21.7 Å². The Morgan fingerprint density at radius 3 is 2.86 bits per heavy atom. The number of aryl methyl sites for hydroxylation is 1. The van der Waals surface area contributed by atoms with Crippen LogP contribution in [0.3, 0.4) is 0 Å². The number of carbonyl (C=O) groups is 1. The van der Waals surface area contributed by atoms with E-state index in [0.29, 0.717) is 11.3 Å². The summed E-state index contributed by atoms with van der Waals surface area (Å²) < 4.78 is 6.07. The molecule has 0 saturated heterocycles. The third-order valence-electron chi connectivity index (χ3n) is 4.12. The zero-order valence-electron chi connectivity index (χ0n) is 11.9. The molecule has 0 bridgehead atoms. The summed E-state index contributed by atoms with van der Waals surface area (Å²) in [6.07, 6.45) is 3.05. The highest BCUT2D eigenvalue weighted by atomic mass is 79.9. The van der Waals surface area contributed by atoms with Gasteiger partial charge in [0, 0.05) is 16.0 Å². The Morgan fingerprint density at radius 2 is 2.05 bits per heavy atom. The highest BCUT2D eigenvalue weighted by Crippen LogP contribution is 2.36. The molecule has 0 N–H and O–H groups in total. The number of carbonyl (C=O) groups excluding carboxylic acids is 1. The van der Waals surface area contributed by atoms with Crippen LogP contribution in [-0.4, -0.2) is 12.9 Å². The molecule has 0 radical (unpaired) electrons. The molecular formula is C18H17BrO2. The van der Waals surface area contributed by atoms with E-state index in [-0.39, 0.29) is 11.7 Å². The molecule has 2 nitrogen and oxygen atoms in total. The lowest BCUT2D eigenvalue weighted by atomic mass is 9.79. The molecule has 2 aromatic rings. The number of Topliss-reactive ketones (excluding diaryl/α,β-unsaturated/α-hetero) is 1. The molecule has 1 aliphatic carbocycles. The molecule has 3 heteroatoms. The van der Waals surface area contributed by atoms with Crippen LogP contribution in [0, 0.1) is 0 Å². The first kappa shape index (κ1) is 14.3. The number of benzene rings is 2. The molecule has 1 aliphatic rings. The summed E-state index contributed by atoms with van der Waals surface area (Å²) in [5.74, 6) is 0.844. The van der Waals surface area contributed by atoms with Gasteiger partial charge in [-0.2, -0.15) is 0 Å². The van der Waals surface area contributed by atoms with Crippen molar-refractivity contribution in [1.29, 1.82) is 0 Å². The summed E-state index contributed by atoms with van der Waals surface area (Å²) >= 11 is 3.49. The van der Waals surface area contributed by atoms with E-state index in [9.17, 15) is 4.79 Å². The van der Waals surface area contributed by atoms with Crippen LogP contribution < -0.4 is 4.74 Å². The highest BCUT2D eigenvalue weighted by Gasteiger charge is 2.28. The fraction of sp³-hybridized carbons (Fsp3) is 0.278. The Balaban J connectivity index is 2.00. The van der Waals surface area contributed by atoms with Crippen LogP contribution in [0.2, 0.25) is 0 Å². The molecule has 0 heterocycles. The minimum absolute atomic E-state index is 0.0432. The van der Waals surface area contributed by atoms with E-state index in [4.69, 9.17) is 4.74 Å². The number of hydrogen-bond donors (Lipinski definition) is 0. The predicted molar refractivity (Wildman–Crippen MR) is 87.1 cm³/mol. The number of methoxy groups -OCH3 is 1. The monoisotopic (exact) mass is 344 g/mol. The summed E-state index contributed by atoms with van der Waals surface area (Å²) in [5, 5.41) is 0. The lowest BCUT2D eigenvalue weighted by Crippen LogP contribution is -2.19. The van der Waals surface area contributed by atoms with Crippen molar-refractivity contribution in [2.45, 2.75) is 25.2 Å². The Bertz CT molecular complexity index is 679. The third-order valence-corrected chi connectivity index (χ3v) is 4.82. The van der Waals surface area contributed by atoms with Crippen LogP contribution in [0.5, 0.6) is 5.75 Å². The van der Waals surface area contributed by atoms with Crippen LogP contribution in [0.15, 0.2) is 46.9 Å². The minimum atomic E-state index is -0.0432. The van der Waals surface area contributed by atoms with Gasteiger partial charge in [0.15, 0.2) is 5.78 Å². The molecule has 1 unspecified atom stereocenters. The van der Waals surface area contributed by atoms with Gasteiger partial charge >= 0.3 is 0 Å². The Morgan fingerprint density at radius 1 is 1.24 bits per heavy atom. The van der Waals surface area contributed by atoms with E-state index < -0.39 is 0 Å². The first-order chi connectivity index (χ1) is 10.2. The van der Waals surface area contributed by atoms with Crippen molar-refractivity contribution < 1.29 is 9.53 Å². The first-order valence-corrected chi connectivity index (χ1v) is 7.95. The van der Waals surface area contributed by atoms with Gasteiger partial charge in [0.25, 0.3) is 0 Å². The Kier molecular flexibility index (Phi) is 4.11. The van der Waals surface area contributed by atoms with E-state index in [1.165, 1.54) is 11.1 Å². The maximum absolute atomic E-state index is 13.0. The average molecular weight is 345 g/mol. The quantitative estimate of drug-likeness (QED) is 0.750. The molecule has 2 aromatic carbocycles. The van der Waals surface area contributed by atoms with Gasteiger partial charge in [-0.1, -0.05) is 40.2 Å². The van der Waals surface area contributed by atoms with Crippen molar-refractivity contribution in [3.05, 3.63) is 63.6 Å². The fourth-order valence-corrected chi connectivity index (χ4v) is 3.48. The zero-order valence-corrected chi connectivity index (χ0v) is 13.5. The Hall–Kier alpha value is -1.61. The first-order valence-electron chi connectivity index (χ1n) is 7.16. The van der Waals surface area contributed by atoms with E-state index in [2.05, 4.69) is 28.1 Å². The molecular weight excluding hydrogens is 328 g/mol. The maximum atomic E-state index is 13.0. The normalized spacial score (nSPS) is 17.1. The molecule has 0 aliphatic heterocycles.